The summed E-state index contributed by atoms with van der Waals surface area (Å²) in [5.74, 6) is -1.93. The Morgan fingerprint density at radius 3 is 2.06 bits per heavy atom. The minimum atomic E-state index is -4.25. The van der Waals surface area contributed by atoms with E-state index in [1.165, 1.54) is 36.3 Å². The Morgan fingerprint density at radius 1 is 0.944 bits per heavy atom. The number of sulfone groups is 1. The summed E-state index contributed by atoms with van der Waals surface area (Å²) in [4.78, 5) is 26.1. The van der Waals surface area contributed by atoms with Gasteiger partial charge in [-0.05, 0) is 60.4 Å². The third kappa shape index (κ3) is 4.40. The van der Waals surface area contributed by atoms with Crippen molar-refractivity contribution in [2.45, 2.75) is 37.6 Å². The highest BCUT2D eigenvalue weighted by molar-refractivity contribution is 7.95. The number of ether oxygens (including phenoxy) is 1. The van der Waals surface area contributed by atoms with Crippen LogP contribution in [0.25, 0.3) is 0 Å². The Labute approximate surface area is 210 Å². The van der Waals surface area contributed by atoms with Crippen LogP contribution < -0.4 is 4.90 Å². The lowest BCUT2D eigenvalue weighted by Crippen LogP contribution is -2.31. The van der Waals surface area contributed by atoms with E-state index in [4.69, 9.17) is 4.74 Å². The van der Waals surface area contributed by atoms with Crippen LogP contribution in [0.5, 0.6) is 0 Å². The van der Waals surface area contributed by atoms with Gasteiger partial charge in [0.15, 0.2) is 5.76 Å². The van der Waals surface area contributed by atoms with Gasteiger partial charge in [-0.2, -0.15) is 0 Å². The molecule has 3 aromatic carbocycles. The van der Waals surface area contributed by atoms with Gasteiger partial charge in [0.05, 0.1) is 17.6 Å². The summed E-state index contributed by atoms with van der Waals surface area (Å²) in [6.45, 7) is 5.92. The molecule has 1 aliphatic rings. The van der Waals surface area contributed by atoms with E-state index in [1.807, 2.05) is 32.9 Å². The molecule has 0 spiro atoms. The predicted octanol–water partition coefficient (Wildman–Crippen LogP) is 5.24. The van der Waals surface area contributed by atoms with Gasteiger partial charge in [0, 0.05) is 5.69 Å². The van der Waals surface area contributed by atoms with Gasteiger partial charge in [0.2, 0.25) is 9.84 Å². The molecule has 4 rings (SSSR count). The number of amides is 1. The van der Waals surface area contributed by atoms with Crippen LogP contribution in [0.4, 0.5) is 5.69 Å². The fourth-order valence-electron chi connectivity index (χ4n) is 4.21. The molecule has 3 aromatic rings. The van der Waals surface area contributed by atoms with E-state index in [9.17, 15) is 23.1 Å². The van der Waals surface area contributed by atoms with Crippen LogP contribution in [0, 0.1) is 6.92 Å². The molecule has 1 atom stereocenters. The Bertz CT molecular complexity index is 1440. The Morgan fingerprint density at radius 2 is 1.53 bits per heavy atom. The van der Waals surface area contributed by atoms with E-state index in [-0.39, 0.29) is 16.4 Å². The first-order valence-electron chi connectivity index (χ1n) is 11.4. The van der Waals surface area contributed by atoms with E-state index in [0.29, 0.717) is 11.3 Å². The highest BCUT2D eigenvalue weighted by atomic mass is 32.2. The van der Waals surface area contributed by atoms with E-state index in [1.54, 1.807) is 36.4 Å². The fraction of sp³-hybridized carbons (Fsp3) is 0.214. The maximum atomic E-state index is 13.8. The van der Waals surface area contributed by atoms with Crippen molar-refractivity contribution in [2.75, 3.05) is 12.0 Å². The summed E-state index contributed by atoms with van der Waals surface area (Å²) in [5.41, 5.74) is 3.05. The summed E-state index contributed by atoms with van der Waals surface area (Å²) >= 11 is 0. The van der Waals surface area contributed by atoms with Crippen molar-refractivity contribution in [1.82, 2.24) is 0 Å². The molecule has 0 radical (unpaired) electrons. The standard InChI is InChI=1S/C28H27NO6S/c1-17(2)19-11-13-22(14-12-19)29-24(20-7-9-21(10-8-20)28(32)35-4)26(25(30)27(29)31)36(33,34)23-15-5-18(3)6-16-23/h5-17,24,30H,1-4H3/t24-/m0/s1. The van der Waals surface area contributed by atoms with Crippen molar-refractivity contribution in [1.29, 1.82) is 0 Å². The number of rotatable bonds is 6. The van der Waals surface area contributed by atoms with Crippen LogP contribution >= 0.6 is 0 Å². The molecule has 1 heterocycles. The van der Waals surface area contributed by atoms with E-state index >= 15 is 0 Å². The van der Waals surface area contributed by atoms with Gasteiger partial charge < -0.3 is 9.84 Å². The lowest BCUT2D eigenvalue weighted by Gasteiger charge is -2.27. The number of hydrogen-bond donors (Lipinski definition) is 1. The van der Waals surface area contributed by atoms with Crippen molar-refractivity contribution in [3.63, 3.8) is 0 Å². The second kappa shape index (κ2) is 9.62. The Hall–Kier alpha value is -3.91. The maximum Gasteiger partial charge on any atom is 0.337 e. The summed E-state index contributed by atoms with van der Waals surface area (Å²) in [6, 6.07) is 18.4. The first-order valence-corrected chi connectivity index (χ1v) is 12.9. The zero-order valence-corrected chi connectivity index (χ0v) is 21.2. The lowest BCUT2D eigenvalue weighted by atomic mass is 10.0. The molecule has 36 heavy (non-hydrogen) atoms. The first kappa shape index (κ1) is 25.2. The third-order valence-electron chi connectivity index (χ3n) is 6.27. The molecule has 0 saturated carbocycles. The van der Waals surface area contributed by atoms with Gasteiger partial charge >= 0.3 is 5.97 Å². The molecule has 0 bridgehead atoms. The molecule has 186 valence electrons. The van der Waals surface area contributed by atoms with Crippen molar-refractivity contribution in [3.05, 3.63) is 106 Å². The average Bonchev–Trinajstić information content (AvgIpc) is 3.14. The number of anilines is 1. The SMILES string of the molecule is COC(=O)c1ccc([C@H]2C(S(=O)(=O)c3ccc(C)cc3)=C(O)C(=O)N2c2ccc(C(C)C)cc2)cc1. The number of nitrogens with zero attached hydrogens (tertiary/aromatic N) is 1. The third-order valence-corrected chi connectivity index (χ3v) is 8.16. The molecule has 0 fully saturated rings. The van der Waals surface area contributed by atoms with Gasteiger partial charge in [0.25, 0.3) is 5.91 Å². The number of aryl methyl sites for hydroxylation is 1. The molecule has 8 heteroatoms. The highest BCUT2D eigenvalue weighted by Crippen LogP contribution is 2.45. The summed E-state index contributed by atoms with van der Waals surface area (Å²) < 4.78 is 32.3. The van der Waals surface area contributed by atoms with E-state index < -0.39 is 38.4 Å². The monoisotopic (exact) mass is 505 g/mol. The first-order chi connectivity index (χ1) is 17.1. The molecule has 7 nitrogen and oxygen atoms in total. The molecule has 1 N–H and O–H groups in total. The molecule has 0 aromatic heterocycles. The number of benzene rings is 3. The van der Waals surface area contributed by atoms with Gasteiger partial charge in [-0.25, -0.2) is 13.2 Å². The van der Waals surface area contributed by atoms with E-state index in [2.05, 4.69) is 0 Å². The Balaban J connectivity index is 1.89. The summed E-state index contributed by atoms with van der Waals surface area (Å²) in [6.07, 6.45) is 0. The number of aliphatic hydroxyl groups excluding tert-OH is 1. The van der Waals surface area contributed by atoms with Crippen molar-refractivity contribution in [2.24, 2.45) is 0 Å². The number of esters is 1. The number of methoxy groups -OCH3 is 1. The fourth-order valence-corrected chi connectivity index (χ4v) is 5.83. The molecule has 1 aliphatic heterocycles. The molecular weight excluding hydrogens is 478 g/mol. The summed E-state index contributed by atoms with van der Waals surface area (Å²) in [7, 11) is -2.99. The number of carbonyl (C=O) groups is 2. The van der Waals surface area contributed by atoms with Gasteiger partial charge in [0.1, 0.15) is 10.9 Å². The maximum absolute atomic E-state index is 13.8. The van der Waals surface area contributed by atoms with Gasteiger partial charge in [-0.1, -0.05) is 55.8 Å². The lowest BCUT2D eigenvalue weighted by molar-refractivity contribution is -0.117. The van der Waals surface area contributed by atoms with Crippen molar-refractivity contribution in [3.8, 4) is 0 Å². The second-order valence-corrected chi connectivity index (χ2v) is 10.9. The van der Waals surface area contributed by atoms with Crippen LogP contribution in [-0.4, -0.2) is 32.5 Å². The van der Waals surface area contributed by atoms with Crippen LogP contribution in [0.15, 0.2) is 88.4 Å². The average molecular weight is 506 g/mol. The van der Waals surface area contributed by atoms with Crippen LogP contribution in [0.2, 0.25) is 0 Å². The van der Waals surface area contributed by atoms with Crippen LogP contribution in [0.1, 0.15) is 52.9 Å². The van der Waals surface area contributed by atoms with Crippen LogP contribution in [-0.2, 0) is 19.4 Å². The summed E-state index contributed by atoms with van der Waals surface area (Å²) in [5, 5.41) is 10.9. The topological polar surface area (TPSA) is 101 Å². The van der Waals surface area contributed by atoms with Crippen molar-refractivity contribution < 1.29 is 27.9 Å². The van der Waals surface area contributed by atoms with E-state index in [0.717, 1.165) is 11.1 Å². The smallest absolute Gasteiger partial charge is 0.337 e. The largest absolute Gasteiger partial charge is 0.502 e. The quantitative estimate of drug-likeness (QED) is 0.460. The van der Waals surface area contributed by atoms with Crippen LogP contribution in [0.3, 0.4) is 0 Å². The molecule has 0 aliphatic carbocycles. The number of hydrogen-bond acceptors (Lipinski definition) is 6. The van der Waals surface area contributed by atoms with Gasteiger partial charge in [-0.3, -0.25) is 9.69 Å². The number of aliphatic hydroxyl groups is 1. The van der Waals surface area contributed by atoms with Gasteiger partial charge in [-0.15, -0.1) is 0 Å². The Kier molecular flexibility index (Phi) is 6.73. The molecular formula is C28H27NO6S. The molecule has 0 unspecified atom stereocenters. The zero-order valence-electron chi connectivity index (χ0n) is 20.4. The molecule has 0 saturated heterocycles. The van der Waals surface area contributed by atoms with Crippen molar-refractivity contribution >= 4 is 27.4 Å². The number of carbonyl (C=O) groups excluding carboxylic acids is 2. The normalized spacial score (nSPS) is 16.1. The minimum absolute atomic E-state index is 0.0318. The predicted molar refractivity (Wildman–Crippen MR) is 137 cm³/mol. The second-order valence-electron chi connectivity index (χ2n) is 8.97. The highest BCUT2D eigenvalue weighted by Gasteiger charge is 2.47. The molecule has 1 amide bonds. The minimum Gasteiger partial charge on any atom is -0.502 e. The zero-order chi connectivity index (χ0) is 26.2.